The van der Waals surface area contributed by atoms with Crippen LogP contribution < -0.4 is 10.1 Å². The smallest absolute Gasteiger partial charge is 0.311 e. The predicted molar refractivity (Wildman–Crippen MR) is 91.3 cm³/mol. The van der Waals surface area contributed by atoms with Crippen molar-refractivity contribution >= 4 is 39.5 Å². The van der Waals surface area contributed by atoms with Crippen molar-refractivity contribution in [1.29, 1.82) is 0 Å². The van der Waals surface area contributed by atoms with Crippen LogP contribution in [-0.2, 0) is 4.79 Å². The Labute approximate surface area is 145 Å². The second kappa shape index (κ2) is 7.69. The Morgan fingerprint density at radius 3 is 2.71 bits per heavy atom. The van der Waals surface area contributed by atoms with E-state index in [2.05, 4.69) is 21.2 Å². The maximum absolute atomic E-state index is 12.2. The molecule has 0 saturated carbocycles. The molecule has 0 aliphatic heterocycles. The molecule has 124 valence electrons. The third-order valence-corrected chi connectivity index (χ3v) is 3.57. The Morgan fingerprint density at radius 1 is 1.33 bits per heavy atom. The van der Waals surface area contributed by atoms with E-state index in [9.17, 15) is 19.7 Å². The molecule has 1 N–H and O–H groups in total. The molecule has 1 atom stereocenters. The highest BCUT2D eigenvalue weighted by Gasteiger charge is 2.21. The van der Waals surface area contributed by atoms with Gasteiger partial charge in [-0.25, -0.2) is 0 Å². The van der Waals surface area contributed by atoms with Crippen LogP contribution in [0.5, 0.6) is 5.75 Å². The zero-order chi connectivity index (χ0) is 17.7. The number of nitro groups is 1. The second-order valence-corrected chi connectivity index (χ2v) is 5.78. The average molecular weight is 393 g/mol. The first-order valence-electron chi connectivity index (χ1n) is 6.87. The van der Waals surface area contributed by atoms with Gasteiger partial charge in [0.1, 0.15) is 6.29 Å². The first kappa shape index (κ1) is 17.6. The molecule has 0 fully saturated rings. The summed E-state index contributed by atoms with van der Waals surface area (Å²) in [7, 11) is 0. The molecule has 0 heterocycles. The van der Waals surface area contributed by atoms with Crippen molar-refractivity contribution in [3.05, 3.63) is 62.6 Å². The number of ether oxygens (including phenoxy) is 1. The number of benzene rings is 2. The van der Waals surface area contributed by atoms with E-state index in [-0.39, 0.29) is 17.0 Å². The summed E-state index contributed by atoms with van der Waals surface area (Å²) in [5.74, 6) is -0.538. The van der Waals surface area contributed by atoms with Crippen molar-refractivity contribution in [2.24, 2.45) is 0 Å². The van der Waals surface area contributed by atoms with Gasteiger partial charge in [-0.05, 0) is 37.3 Å². The normalized spacial score (nSPS) is 11.4. The standard InChI is InChI=1S/C16H13BrN2O5/c1-10(16(21)18-13-4-2-3-12(17)8-13)24-15-6-5-11(9-20)7-14(15)19(22)23/h2-10H,1H3,(H,18,21)/t10-/m1/s1. The van der Waals surface area contributed by atoms with Crippen LogP contribution in [0.2, 0.25) is 0 Å². The lowest BCUT2D eigenvalue weighted by molar-refractivity contribution is -0.386. The largest absolute Gasteiger partial charge is 0.474 e. The molecule has 24 heavy (non-hydrogen) atoms. The van der Waals surface area contributed by atoms with E-state index in [4.69, 9.17) is 4.74 Å². The van der Waals surface area contributed by atoms with Crippen LogP contribution in [0, 0.1) is 10.1 Å². The molecule has 0 aliphatic rings. The van der Waals surface area contributed by atoms with Crippen molar-refractivity contribution in [2.45, 2.75) is 13.0 Å². The summed E-state index contributed by atoms with van der Waals surface area (Å²) in [6.07, 6.45) is -0.468. The Morgan fingerprint density at radius 2 is 2.08 bits per heavy atom. The number of hydrogen-bond donors (Lipinski definition) is 1. The summed E-state index contributed by atoms with van der Waals surface area (Å²) in [4.78, 5) is 33.3. The van der Waals surface area contributed by atoms with Gasteiger partial charge in [0.2, 0.25) is 0 Å². The number of amides is 1. The number of carbonyl (C=O) groups excluding carboxylic acids is 2. The van der Waals surface area contributed by atoms with Crippen molar-refractivity contribution in [3.8, 4) is 5.75 Å². The second-order valence-electron chi connectivity index (χ2n) is 4.86. The topological polar surface area (TPSA) is 98.5 Å². The SMILES string of the molecule is C[C@@H](Oc1ccc(C=O)cc1[N+](=O)[O-])C(=O)Nc1cccc(Br)c1. The van der Waals surface area contributed by atoms with Gasteiger partial charge in [0.05, 0.1) is 4.92 Å². The maximum Gasteiger partial charge on any atom is 0.311 e. The molecule has 0 bridgehead atoms. The van der Waals surface area contributed by atoms with E-state index >= 15 is 0 Å². The summed E-state index contributed by atoms with van der Waals surface area (Å²) in [5.41, 5.74) is 0.345. The van der Waals surface area contributed by atoms with E-state index < -0.39 is 16.9 Å². The minimum absolute atomic E-state index is 0.0810. The van der Waals surface area contributed by atoms with E-state index in [0.717, 1.165) is 10.5 Å². The van der Waals surface area contributed by atoms with Crippen LogP contribution in [0.4, 0.5) is 11.4 Å². The average Bonchev–Trinajstić information content (AvgIpc) is 2.54. The third kappa shape index (κ3) is 4.39. The molecule has 0 unspecified atom stereocenters. The minimum atomic E-state index is -0.968. The van der Waals surface area contributed by atoms with Crippen LogP contribution in [0.25, 0.3) is 0 Å². The summed E-state index contributed by atoms with van der Waals surface area (Å²) in [5, 5.41) is 13.7. The van der Waals surface area contributed by atoms with Gasteiger partial charge in [-0.15, -0.1) is 0 Å². The van der Waals surface area contributed by atoms with Gasteiger partial charge >= 0.3 is 5.69 Å². The maximum atomic E-state index is 12.2. The zero-order valence-electron chi connectivity index (χ0n) is 12.6. The molecular formula is C16H13BrN2O5. The highest BCUT2D eigenvalue weighted by atomic mass is 79.9. The third-order valence-electron chi connectivity index (χ3n) is 3.08. The number of nitro benzene ring substituents is 1. The molecule has 0 saturated heterocycles. The summed E-state index contributed by atoms with van der Waals surface area (Å²) >= 11 is 3.30. The lowest BCUT2D eigenvalue weighted by Gasteiger charge is -2.15. The number of rotatable bonds is 6. The highest BCUT2D eigenvalue weighted by Crippen LogP contribution is 2.28. The van der Waals surface area contributed by atoms with Gasteiger partial charge in [-0.1, -0.05) is 22.0 Å². The van der Waals surface area contributed by atoms with Gasteiger partial charge in [-0.3, -0.25) is 19.7 Å². The summed E-state index contributed by atoms with van der Waals surface area (Å²) in [6.45, 7) is 1.48. The lowest BCUT2D eigenvalue weighted by Crippen LogP contribution is -2.30. The summed E-state index contributed by atoms with van der Waals surface area (Å²) < 4.78 is 6.19. The monoisotopic (exact) mass is 392 g/mol. The van der Waals surface area contributed by atoms with Crippen LogP contribution in [0.1, 0.15) is 17.3 Å². The van der Waals surface area contributed by atoms with Gasteiger partial charge < -0.3 is 10.1 Å². The van der Waals surface area contributed by atoms with Crippen LogP contribution in [0.3, 0.4) is 0 Å². The molecule has 7 nitrogen and oxygen atoms in total. The molecule has 2 aromatic rings. The van der Waals surface area contributed by atoms with Gasteiger partial charge in [0.15, 0.2) is 11.9 Å². The quantitative estimate of drug-likeness (QED) is 0.460. The van der Waals surface area contributed by atoms with Gasteiger partial charge in [0, 0.05) is 21.8 Å². The Kier molecular flexibility index (Phi) is 5.64. The minimum Gasteiger partial charge on any atom is -0.474 e. The number of anilines is 1. The number of halogens is 1. The molecular weight excluding hydrogens is 380 g/mol. The molecule has 0 spiro atoms. The Balaban J connectivity index is 2.14. The number of hydrogen-bond acceptors (Lipinski definition) is 5. The summed E-state index contributed by atoms with van der Waals surface area (Å²) in [6, 6.07) is 10.8. The number of aldehydes is 1. The highest BCUT2D eigenvalue weighted by molar-refractivity contribution is 9.10. The van der Waals surface area contributed by atoms with Crippen molar-refractivity contribution in [1.82, 2.24) is 0 Å². The van der Waals surface area contributed by atoms with E-state index in [0.29, 0.717) is 12.0 Å². The molecule has 2 rings (SSSR count). The first-order chi connectivity index (χ1) is 11.4. The number of carbonyl (C=O) groups is 2. The van der Waals surface area contributed by atoms with Crippen LogP contribution in [0.15, 0.2) is 46.9 Å². The molecule has 1 amide bonds. The molecule has 0 radical (unpaired) electrons. The number of nitrogens with one attached hydrogen (secondary N) is 1. The number of nitrogens with zero attached hydrogens (tertiary/aromatic N) is 1. The van der Waals surface area contributed by atoms with Crippen molar-refractivity contribution < 1.29 is 19.2 Å². The van der Waals surface area contributed by atoms with E-state index in [1.807, 2.05) is 6.07 Å². The van der Waals surface area contributed by atoms with Crippen molar-refractivity contribution in [2.75, 3.05) is 5.32 Å². The zero-order valence-corrected chi connectivity index (χ0v) is 14.1. The molecule has 2 aromatic carbocycles. The van der Waals surface area contributed by atoms with Crippen LogP contribution in [-0.4, -0.2) is 23.2 Å². The Bertz CT molecular complexity index is 794. The fraction of sp³-hybridized carbons (Fsp3) is 0.125. The van der Waals surface area contributed by atoms with Crippen molar-refractivity contribution in [3.63, 3.8) is 0 Å². The first-order valence-corrected chi connectivity index (χ1v) is 7.66. The van der Waals surface area contributed by atoms with Gasteiger partial charge in [-0.2, -0.15) is 0 Å². The molecule has 0 aliphatic carbocycles. The van der Waals surface area contributed by atoms with Gasteiger partial charge in [0.25, 0.3) is 5.91 Å². The fourth-order valence-electron chi connectivity index (χ4n) is 1.90. The van der Waals surface area contributed by atoms with E-state index in [1.165, 1.54) is 19.1 Å². The molecule has 0 aromatic heterocycles. The lowest BCUT2D eigenvalue weighted by atomic mass is 10.2. The Hall–Kier alpha value is -2.74. The van der Waals surface area contributed by atoms with Crippen LogP contribution >= 0.6 is 15.9 Å². The molecule has 8 heteroatoms. The fourth-order valence-corrected chi connectivity index (χ4v) is 2.30. The van der Waals surface area contributed by atoms with E-state index in [1.54, 1.807) is 18.2 Å². The predicted octanol–water partition coefficient (Wildman–Crippen LogP) is 3.58.